The van der Waals surface area contributed by atoms with Gasteiger partial charge in [-0.3, -0.25) is 4.98 Å². The third kappa shape index (κ3) is 3.45. The van der Waals surface area contributed by atoms with E-state index in [1.807, 2.05) is 22.6 Å². The smallest absolute Gasteiger partial charge is 0.403 e. The predicted octanol–water partition coefficient (Wildman–Crippen LogP) is 2.97. The Bertz CT molecular complexity index is 386. The van der Waals surface area contributed by atoms with Crippen molar-refractivity contribution >= 4 is 38.5 Å². The van der Waals surface area contributed by atoms with Crippen LogP contribution in [0.4, 0.5) is 13.2 Å². The second kappa shape index (κ2) is 5.50. The molecule has 0 amide bonds. The van der Waals surface area contributed by atoms with E-state index >= 15 is 0 Å². The molecule has 0 saturated heterocycles. The molecule has 1 aromatic heterocycles. The molecule has 16 heavy (non-hydrogen) atoms. The Morgan fingerprint density at radius 2 is 2.12 bits per heavy atom. The van der Waals surface area contributed by atoms with Crippen LogP contribution in [0.5, 0.6) is 5.75 Å². The van der Waals surface area contributed by atoms with E-state index in [1.54, 1.807) is 0 Å². The topological polar surface area (TPSA) is 42.4 Å². The number of nitrogens with zero attached hydrogens (tertiary/aromatic N) is 1. The fraction of sp³-hybridized carbons (Fsp3) is 0.375. The van der Waals surface area contributed by atoms with E-state index in [2.05, 4.69) is 25.7 Å². The van der Waals surface area contributed by atoms with Gasteiger partial charge in [0.15, 0.2) is 5.75 Å². The number of aliphatic hydroxyl groups excluding tert-OH is 1. The average Bonchev–Trinajstić information content (AvgIpc) is 2.16. The van der Waals surface area contributed by atoms with Crippen LogP contribution in [0.3, 0.4) is 0 Å². The van der Waals surface area contributed by atoms with Gasteiger partial charge in [0, 0.05) is 20.7 Å². The van der Waals surface area contributed by atoms with Crippen LogP contribution in [0, 0.1) is 3.57 Å². The molecule has 0 saturated carbocycles. The second-order valence-electron chi connectivity index (χ2n) is 2.70. The molecule has 0 spiro atoms. The lowest BCUT2D eigenvalue weighted by Crippen LogP contribution is -2.20. The third-order valence-electron chi connectivity index (χ3n) is 1.66. The monoisotopic (exact) mass is 411 g/mol. The minimum absolute atomic E-state index is 0.132. The Balaban J connectivity index is 3.25. The fourth-order valence-corrected chi connectivity index (χ4v) is 2.68. The first kappa shape index (κ1) is 14.0. The molecule has 1 N–H and O–H groups in total. The van der Waals surface area contributed by atoms with E-state index in [9.17, 15) is 13.2 Å². The van der Waals surface area contributed by atoms with Gasteiger partial charge in [-0.05, 0) is 22.6 Å². The summed E-state index contributed by atoms with van der Waals surface area (Å²) < 4.78 is 40.9. The highest BCUT2D eigenvalue weighted by atomic mass is 127. The molecule has 1 rings (SSSR count). The zero-order valence-corrected chi connectivity index (χ0v) is 11.4. The number of hydrogen-bond acceptors (Lipinski definition) is 3. The normalized spacial score (nSPS) is 11.6. The van der Waals surface area contributed by atoms with Crippen molar-refractivity contribution < 1.29 is 23.0 Å². The van der Waals surface area contributed by atoms with Crippen molar-refractivity contribution in [3.05, 3.63) is 21.0 Å². The van der Waals surface area contributed by atoms with E-state index in [0.29, 0.717) is 9.13 Å². The van der Waals surface area contributed by atoms with Gasteiger partial charge in [-0.15, -0.1) is 13.2 Å². The van der Waals surface area contributed by atoms with Crippen molar-refractivity contribution in [2.24, 2.45) is 0 Å². The molecule has 0 aliphatic carbocycles. The SMILES string of the molecule is OCc1ncc(I)c(CBr)c1OC(F)(F)F. The number of aromatic nitrogens is 1. The maximum atomic E-state index is 12.2. The Hall–Kier alpha value is -0.0900. The lowest BCUT2D eigenvalue weighted by molar-refractivity contribution is -0.275. The molecular weight excluding hydrogens is 406 g/mol. The highest BCUT2D eigenvalue weighted by molar-refractivity contribution is 14.1. The molecule has 0 bridgehead atoms. The Kier molecular flexibility index (Phi) is 4.80. The van der Waals surface area contributed by atoms with Gasteiger partial charge in [0.05, 0.1) is 6.61 Å². The zero-order valence-electron chi connectivity index (χ0n) is 7.68. The standard InChI is InChI=1S/C8H6BrF3INO2/c9-1-4-5(13)2-14-6(3-15)7(4)16-8(10,11)12/h2,15H,1,3H2. The molecule has 0 aromatic carbocycles. The first-order valence-corrected chi connectivity index (χ1v) is 6.18. The van der Waals surface area contributed by atoms with Crippen LogP contribution in [0.1, 0.15) is 11.3 Å². The second-order valence-corrected chi connectivity index (χ2v) is 4.42. The molecule has 1 aromatic rings. The van der Waals surface area contributed by atoms with Gasteiger partial charge in [-0.2, -0.15) is 0 Å². The van der Waals surface area contributed by atoms with Gasteiger partial charge in [0.2, 0.25) is 0 Å². The molecule has 0 aliphatic heterocycles. The van der Waals surface area contributed by atoms with Crippen LogP contribution in [0.25, 0.3) is 0 Å². The zero-order chi connectivity index (χ0) is 12.3. The lowest BCUT2D eigenvalue weighted by Gasteiger charge is -2.15. The lowest BCUT2D eigenvalue weighted by atomic mass is 10.2. The Labute approximate surface area is 111 Å². The van der Waals surface area contributed by atoms with Crippen LogP contribution < -0.4 is 4.74 Å². The van der Waals surface area contributed by atoms with Gasteiger partial charge in [-0.25, -0.2) is 0 Å². The van der Waals surface area contributed by atoms with Crippen molar-refractivity contribution in [2.45, 2.75) is 18.3 Å². The molecule has 8 heteroatoms. The Morgan fingerprint density at radius 1 is 1.50 bits per heavy atom. The van der Waals surface area contributed by atoms with Gasteiger partial charge in [0.1, 0.15) is 5.69 Å². The molecule has 3 nitrogen and oxygen atoms in total. The third-order valence-corrected chi connectivity index (χ3v) is 3.15. The van der Waals surface area contributed by atoms with Crippen molar-refractivity contribution in [3.63, 3.8) is 0 Å². The quantitative estimate of drug-likeness (QED) is 0.614. The van der Waals surface area contributed by atoms with Crippen LogP contribution >= 0.6 is 38.5 Å². The highest BCUT2D eigenvalue weighted by Crippen LogP contribution is 2.33. The predicted molar refractivity (Wildman–Crippen MR) is 62.2 cm³/mol. The summed E-state index contributed by atoms with van der Waals surface area (Å²) >= 11 is 4.92. The van der Waals surface area contributed by atoms with Crippen LogP contribution in [0.15, 0.2) is 6.20 Å². The summed E-state index contributed by atoms with van der Waals surface area (Å²) in [5.74, 6) is -0.432. The first-order chi connectivity index (χ1) is 7.39. The number of aliphatic hydroxyl groups is 1. The summed E-state index contributed by atoms with van der Waals surface area (Å²) in [5.41, 5.74) is 0.184. The van der Waals surface area contributed by atoms with Crippen molar-refractivity contribution in [1.29, 1.82) is 0 Å². The molecule has 0 aliphatic rings. The molecule has 0 atom stereocenters. The molecule has 0 unspecified atom stereocenters. The summed E-state index contributed by atoms with van der Waals surface area (Å²) in [4.78, 5) is 3.69. The maximum Gasteiger partial charge on any atom is 0.573 e. The fourth-order valence-electron chi connectivity index (χ4n) is 1.03. The highest BCUT2D eigenvalue weighted by Gasteiger charge is 2.34. The van der Waals surface area contributed by atoms with Gasteiger partial charge < -0.3 is 9.84 Å². The van der Waals surface area contributed by atoms with E-state index in [4.69, 9.17) is 5.11 Å². The number of pyridine rings is 1. The minimum atomic E-state index is -4.80. The Morgan fingerprint density at radius 3 is 2.56 bits per heavy atom. The van der Waals surface area contributed by atoms with Crippen molar-refractivity contribution in [3.8, 4) is 5.75 Å². The van der Waals surface area contributed by atoms with E-state index in [0.717, 1.165) is 0 Å². The molecule has 0 fully saturated rings. The van der Waals surface area contributed by atoms with Gasteiger partial charge in [0.25, 0.3) is 0 Å². The van der Waals surface area contributed by atoms with Crippen molar-refractivity contribution in [2.75, 3.05) is 0 Å². The van der Waals surface area contributed by atoms with Crippen LogP contribution in [-0.4, -0.2) is 16.5 Å². The molecular formula is C8H6BrF3INO2. The largest absolute Gasteiger partial charge is 0.573 e. The summed E-state index contributed by atoms with van der Waals surface area (Å²) in [7, 11) is 0. The van der Waals surface area contributed by atoms with Gasteiger partial charge in [-0.1, -0.05) is 15.9 Å². The summed E-state index contributed by atoms with van der Waals surface area (Å²) in [6, 6.07) is 0. The summed E-state index contributed by atoms with van der Waals surface area (Å²) in [6.45, 7) is -0.609. The van der Waals surface area contributed by atoms with Crippen molar-refractivity contribution in [1.82, 2.24) is 4.98 Å². The molecule has 90 valence electrons. The average molecular weight is 412 g/mol. The van der Waals surface area contributed by atoms with E-state index < -0.39 is 18.7 Å². The number of ether oxygens (including phenoxy) is 1. The van der Waals surface area contributed by atoms with Crippen LogP contribution in [0.2, 0.25) is 0 Å². The number of halogens is 5. The first-order valence-electron chi connectivity index (χ1n) is 3.98. The van der Waals surface area contributed by atoms with E-state index in [1.165, 1.54) is 6.20 Å². The number of rotatable bonds is 3. The number of hydrogen-bond donors (Lipinski definition) is 1. The molecule has 0 radical (unpaired) electrons. The van der Waals surface area contributed by atoms with E-state index in [-0.39, 0.29) is 11.0 Å². The number of alkyl halides is 4. The molecule has 1 heterocycles. The summed E-state index contributed by atoms with van der Waals surface area (Å²) in [5, 5.41) is 9.09. The van der Waals surface area contributed by atoms with Crippen LogP contribution in [-0.2, 0) is 11.9 Å². The minimum Gasteiger partial charge on any atom is -0.403 e. The van der Waals surface area contributed by atoms with Gasteiger partial charge >= 0.3 is 6.36 Å². The maximum absolute atomic E-state index is 12.2. The summed E-state index contributed by atoms with van der Waals surface area (Å²) in [6.07, 6.45) is -3.42.